The molecule has 0 aliphatic rings. The number of carbonyl (C=O) groups is 1. The molecule has 0 saturated carbocycles. The Morgan fingerprint density at radius 1 is 0.875 bits per heavy atom. The van der Waals surface area contributed by atoms with Crippen LogP contribution in [-0.2, 0) is 14.8 Å². The van der Waals surface area contributed by atoms with Crippen molar-refractivity contribution in [1.82, 2.24) is 0 Å². The van der Waals surface area contributed by atoms with Crippen LogP contribution < -0.4 is 9.62 Å². The molecule has 0 heterocycles. The molecule has 6 heteroatoms. The van der Waals surface area contributed by atoms with Crippen LogP contribution in [-0.4, -0.2) is 20.9 Å². The van der Waals surface area contributed by atoms with Gasteiger partial charge in [-0.3, -0.25) is 9.10 Å². The number of aryl methyl sites for hydroxylation is 3. The van der Waals surface area contributed by atoms with E-state index in [1.54, 1.807) is 36.4 Å². The summed E-state index contributed by atoms with van der Waals surface area (Å²) < 4.78 is 28.2. The Balaban J connectivity index is 1.98. The van der Waals surface area contributed by atoms with E-state index in [0.29, 0.717) is 5.69 Å². The minimum Gasteiger partial charge on any atom is -0.324 e. The van der Waals surface area contributed by atoms with Crippen LogP contribution in [0.2, 0.25) is 0 Å². The monoisotopic (exact) mass is 450 g/mol. The fourth-order valence-corrected chi connectivity index (χ4v) is 4.94. The lowest BCUT2D eigenvalue weighted by atomic mass is 9.98. The second-order valence-corrected chi connectivity index (χ2v) is 10.3. The lowest BCUT2D eigenvalue weighted by Gasteiger charge is -2.25. The number of sulfonamides is 1. The zero-order valence-electron chi connectivity index (χ0n) is 19.2. The highest BCUT2D eigenvalue weighted by atomic mass is 32.2. The first-order chi connectivity index (χ1) is 15.1. The third-order valence-electron chi connectivity index (χ3n) is 5.41. The molecule has 0 fully saturated rings. The molecule has 0 aliphatic heterocycles. The van der Waals surface area contributed by atoms with Gasteiger partial charge >= 0.3 is 0 Å². The summed E-state index contributed by atoms with van der Waals surface area (Å²) in [5.74, 6) is -0.174. The Labute approximate surface area is 191 Å². The smallest absolute Gasteiger partial charge is 0.264 e. The summed E-state index contributed by atoms with van der Waals surface area (Å²) >= 11 is 0. The van der Waals surface area contributed by atoms with Gasteiger partial charge in [-0.2, -0.15) is 0 Å². The van der Waals surface area contributed by atoms with Crippen molar-refractivity contribution < 1.29 is 13.2 Å². The van der Waals surface area contributed by atoms with Crippen molar-refractivity contribution in [3.63, 3.8) is 0 Å². The Morgan fingerprint density at radius 3 is 2.00 bits per heavy atom. The van der Waals surface area contributed by atoms with Crippen molar-refractivity contribution in [3.05, 3.63) is 89.0 Å². The Kier molecular flexibility index (Phi) is 7.04. The van der Waals surface area contributed by atoms with Gasteiger partial charge in [-0.05, 0) is 62.1 Å². The van der Waals surface area contributed by atoms with Crippen molar-refractivity contribution in [1.29, 1.82) is 0 Å². The van der Waals surface area contributed by atoms with E-state index in [4.69, 9.17) is 0 Å². The van der Waals surface area contributed by atoms with E-state index in [0.717, 1.165) is 27.9 Å². The third-order valence-corrected chi connectivity index (χ3v) is 7.20. The summed E-state index contributed by atoms with van der Waals surface area (Å²) in [6.07, 6.45) is 0. The molecule has 0 bridgehead atoms. The van der Waals surface area contributed by atoms with Gasteiger partial charge in [0.05, 0.1) is 10.6 Å². The normalized spacial score (nSPS) is 11.4. The Hall–Kier alpha value is -3.12. The number of anilines is 2. The van der Waals surface area contributed by atoms with E-state index in [-0.39, 0.29) is 17.4 Å². The Bertz CT molecular complexity index is 1200. The first-order valence-electron chi connectivity index (χ1n) is 10.6. The van der Waals surface area contributed by atoms with Gasteiger partial charge in [0.15, 0.2) is 0 Å². The lowest BCUT2D eigenvalue weighted by molar-refractivity contribution is -0.114. The van der Waals surface area contributed by atoms with E-state index in [1.807, 2.05) is 51.1 Å². The second-order valence-electron chi connectivity index (χ2n) is 8.40. The molecule has 1 amide bonds. The number of hydrogen-bond acceptors (Lipinski definition) is 3. The molecule has 0 atom stereocenters. The predicted molar refractivity (Wildman–Crippen MR) is 131 cm³/mol. The van der Waals surface area contributed by atoms with Gasteiger partial charge in [-0.15, -0.1) is 0 Å². The van der Waals surface area contributed by atoms with Crippen LogP contribution in [0, 0.1) is 20.8 Å². The Morgan fingerprint density at radius 2 is 1.44 bits per heavy atom. The van der Waals surface area contributed by atoms with Crippen molar-refractivity contribution in [2.75, 3.05) is 16.2 Å². The second kappa shape index (κ2) is 9.57. The fourth-order valence-electron chi connectivity index (χ4n) is 3.52. The summed E-state index contributed by atoms with van der Waals surface area (Å²) in [4.78, 5) is 13.3. The molecule has 1 N–H and O–H groups in total. The van der Waals surface area contributed by atoms with Crippen LogP contribution in [0.25, 0.3) is 0 Å². The molecule has 3 aromatic rings. The molecule has 32 heavy (non-hydrogen) atoms. The van der Waals surface area contributed by atoms with Gasteiger partial charge in [0.1, 0.15) is 6.54 Å². The maximum atomic E-state index is 13.5. The molecule has 0 aromatic heterocycles. The average Bonchev–Trinajstić information content (AvgIpc) is 2.74. The SMILES string of the molecule is Cc1ccc(N(CC(=O)Nc2c(C)cccc2C(C)C)S(=O)(=O)c2ccc(C)cc2)cc1. The number of amides is 1. The molecular weight excluding hydrogens is 420 g/mol. The van der Waals surface area contributed by atoms with Crippen LogP contribution in [0.1, 0.15) is 42.0 Å². The number of rotatable bonds is 7. The van der Waals surface area contributed by atoms with Crippen LogP contribution in [0.4, 0.5) is 11.4 Å². The highest BCUT2D eigenvalue weighted by Gasteiger charge is 2.27. The zero-order valence-corrected chi connectivity index (χ0v) is 20.0. The first kappa shape index (κ1) is 23.5. The molecule has 0 saturated heterocycles. The van der Waals surface area contributed by atoms with Gasteiger partial charge in [-0.1, -0.05) is 67.4 Å². The van der Waals surface area contributed by atoms with Crippen molar-refractivity contribution in [3.8, 4) is 0 Å². The molecule has 0 aliphatic carbocycles. The minimum atomic E-state index is -3.94. The number of nitrogens with one attached hydrogen (secondary N) is 1. The predicted octanol–water partition coefficient (Wildman–Crippen LogP) is 5.57. The molecule has 5 nitrogen and oxygen atoms in total. The van der Waals surface area contributed by atoms with Crippen molar-refractivity contribution >= 4 is 27.3 Å². The third kappa shape index (κ3) is 5.19. The standard InChI is InChI=1S/C26H30N2O3S/c1-18(2)24-8-6-7-21(5)26(24)27-25(29)17-28(22-13-9-19(3)10-14-22)32(30,31)23-15-11-20(4)12-16-23/h6-16,18H,17H2,1-5H3,(H,27,29). The van der Waals surface area contributed by atoms with Crippen molar-refractivity contribution in [2.45, 2.75) is 45.4 Å². The van der Waals surface area contributed by atoms with Crippen LogP contribution in [0.15, 0.2) is 71.6 Å². The summed E-state index contributed by atoms with van der Waals surface area (Å²) in [6.45, 7) is 9.56. The van der Waals surface area contributed by atoms with E-state index in [2.05, 4.69) is 19.2 Å². The van der Waals surface area contributed by atoms with E-state index in [1.165, 1.54) is 4.31 Å². The molecule has 0 unspecified atom stereocenters. The number of nitrogens with zero attached hydrogens (tertiary/aromatic N) is 1. The largest absolute Gasteiger partial charge is 0.324 e. The lowest BCUT2D eigenvalue weighted by Crippen LogP contribution is -2.38. The molecular formula is C26H30N2O3S. The van der Waals surface area contributed by atoms with E-state index in [9.17, 15) is 13.2 Å². The molecule has 3 aromatic carbocycles. The number of carbonyl (C=O) groups excluding carboxylic acids is 1. The van der Waals surface area contributed by atoms with Crippen LogP contribution in [0.3, 0.4) is 0 Å². The van der Waals surface area contributed by atoms with Crippen LogP contribution >= 0.6 is 0 Å². The molecule has 0 radical (unpaired) electrons. The summed E-state index contributed by atoms with van der Waals surface area (Å²) in [5, 5.41) is 2.96. The van der Waals surface area contributed by atoms with Crippen molar-refractivity contribution in [2.24, 2.45) is 0 Å². The topological polar surface area (TPSA) is 66.5 Å². The highest BCUT2D eigenvalue weighted by Crippen LogP contribution is 2.28. The van der Waals surface area contributed by atoms with Gasteiger partial charge < -0.3 is 5.32 Å². The quantitative estimate of drug-likeness (QED) is 0.512. The highest BCUT2D eigenvalue weighted by molar-refractivity contribution is 7.92. The van der Waals surface area contributed by atoms with Gasteiger partial charge in [-0.25, -0.2) is 8.42 Å². The maximum Gasteiger partial charge on any atom is 0.264 e. The number of para-hydroxylation sites is 1. The zero-order chi connectivity index (χ0) is 23.5. The summed E-state index contributed by atoms with van der Waals surface area (Å²) in [7, 11) is -3.94. The van der Waals surface area contributed by atoms with Gasteiger partial charge in [0.2, 0.25) is 5.91 Å². The van der Waals surface area contributed by atoms with E-state index >= 15 is 0 Å². The van der Waals surface area contributed by atoms with E-state index < -0.39 is 15.9 Å². The molecule has 0 spiro atoms. The summed E-state index contributed by atoms with van der Waals surface area (Å²) in [5.41, 5.74) is 5.11. The fraction of sp³-hybridized carbons (Fsp3) is 0.269. The number of hydrogen-bond donors (Lipinski definition) is 1. The first-order valence-corrected chi connectivity index (χ1v) is 12.1. The number of benzene rings is 3. The van der Waals surface area contributed by atoms with Crippen LogP contribution in [0.5, 0.6) is 0 Å². The van der Waals surface area contributed by atoms with Gasteiger partial charge in [0.25, 0.3) is 10.0 Å². The minimum absolute atomic E-state index is 0.148. The molecule has 3 rings (SSSR count). The maximum absolute atomic E-state index is 13.5. The average molecular weight is 451 g/mol. The molecule has 168 valence electrons. The van der Waals surface area contributed by atoms with Gasteiger partial charge in [0, 0.05) is 5.69 Å². The summed E-state index contributed by atoms with van der Waals surface area (Å²) in [6, 6.07) is 19.6.